The van der Waals surface area contributed by atoms with Gasteiger partial charge in [0.25, 0.3) is 0 Å². The van der Waals surface area contributed by atoms with Crippen LogP contribution in [0.4, 0.5) is 10.8 Å². The van der Waals surface area contributed by atoms with Gasteiger partial charge in [-0.05, 0) is 19.1 Å². The van der Waals surface area contributed by atoms with Gasteiger partial charge in [0.15, 0.2) is 5.78 Å². The van der Waals surface area contributed by atoms with E-state index in [1.54, 1.807) is 11.9 Å². The van der Waals surface area contributed by atoms with E-state index in [1.165, 1.54) is 25.4 Å². The fourth-order valence-electron chi connectivity index (χ4n) is 1.84. The monoisotopic (exact) mass is 349 g/mol. The Morgan fingerprint density at radius 2 is 1.96 bits per heavy atom. The van der Waals surface area contributed by atoms with E-state index in [-0.39, 0.29) is 10.8 Å². The second-order valence-corrected chi connectivity index (χ2v) is 5.96. The van der Waals surface area contributed by atoms with Crippen molar-refractivity contribution in [1.82, 2.24) is 10.4 Å². The average Bonchev–Trinajstić information content (AvgIpc) is 2.94. The Labute approximate surface area is 143 Å². The van der Waals surface area contributed by atoms with Crippen molar-refractivity contribution < 1.29 is 14.3 Å². The molecule has 0 fully saturated rings. The van der Waals surface area contributed by atoms with E-state index < -0.39 is 5.97 Å². The van der Waals surface area contributed by atoms with E-state index in [9.17, 15) is 9.59 Å². The molecule has 0 aliphatic heterocycles. The number of hydrazine groups is 1. The summed E-state index contributed by atoms with van der Waals surface area (Å²) in [4.78, 5) is 28.1. The van der Waals surface area contributed by atoms with Crippen molar-refractivity contribution in [2.75, 3.05) is 12.1 Å². The van der Waals surface area contributed by atoms with Gasteiger partial charge in [0, 0.05) is 6.92 Å². The summed E-state index contributed by atoms with van der Waals surface area (Å²) >= 11 is 6.25. The SMILES string of the molecule is COC(=O)C(=S)NN(c1ccccc1)c1nc(C)c(C(C)=O)s1. The largest absolute Gasteiger partial charge is 0.464 e. The molecule has 0 saturated carbocycles. The smallest absolute Gasteiger partial charge is 0.367 e. The molecule has 0 spiro atoms. The van der Waals surface area contributed by atoms with Gasteiger partial charge >= 0.3 is 5.97 Å². The number of esters is 1. The Morgan fingerprint density at radius 1 is 1.30 bits per heavy atom. The minimum atomic E-state index is -0.652. The van der Waals surface area contributed by atoms with Crippen LogP contribution in [0, 0.1) is 6.92 Å². The highest BCUT2D eigenvalue weighted by Crippen LogP contribution is 2.30. The molecule has 0 bridgehead atoms. The fraction of sp³-hybridized carbons (Fsp3) is 0.200. The molecule has 1 aromatic heterocycles. The maximum Gasteiger partial charge on any atom is 0.367 e. The van der Waals surface area contributed by atoms with Crippen LogP contribution in [0.2, 0.25) is 0 Å². The zero-order valence-electron chi connectivity index (χ0n) is 12.8. The number of hydrogen-bond acceptors (Lipinski definition) is 7. The molecule has 23 heavy (non-hydrogen) atoms. The summed E-state index contributed by atoms with van der Waals surface area (Å²) in [5.74, 6) is -0.712. The van der Waals surface area contributed by atoms with Crippen molar-refractivity contribution >= 4 is 51.1 Å². The van der Waals surface area contributed by atoms with Gasteiger partial charge in [-0.3, -0.25) is 10.2 Å². The first-order valence-corrected chi connectivity index (χ1v) is 7.89. The number of nitrogens with one attached hydrogen (secondary N) is 1. The van der Waals surface area contributed by atoms with Crippen LogP contribution in [0.25, 0.3) is 0 Å². The van der Waals surface area contributed by atoms with Crippen molar-refractivity contribution in [3.05, 3.63) is 40.9 Å². The number of ketones is 1. The van der Waals surface area contributed by atoms with Gasteiger partial charge in [-0.1, -0.05) is 41.8 Å². The number of thiazole rings is 1. The van der Waals surface area contributed by atoms with Gasteiger partial charge in [0.05, 0.1) is 23.4 Å². The molecule has 1 N–H and O–H groups in total. The van der Waals surface area contributed by atoms with Crippen molar-refractivity contribution in [2.45, 2.75) is 13.8 Å². The highest BCUT2D eigenvalue weighted by molar-refractivity contribution is 7.82. The average molecular weight is 349 g/mol. The normalized spacial score (nSPS) is 10.0. The molecule has 2 aromatic rings. The summed E-state index contributed by atoms with van der Waals surface area (Å²) in [6.45, 7) is 3.25. The number of nitrogens with zero attached hydrogens (tertiary/aromatic N) is 2. The number of aromatic nitrogens is 1. The number of methoxy groups -OCH3 is 1. The number of carbonyl (C=O) groups is 2. The Kier molecular flexibility index (Phi) is 5.41. The first kappa shape index (κ1) is 17.0. The number of carbonyl (C=O) groups excluding carboxylic acids is 2. The predicted octanol–water partition coefficient (Wildman–Crippen LogP) is 2.80. The molecule has 0 aliphatic carbocycles. The van der Waals surface area contributed by atoms with E-state index in [0.717, 1.165) is 5.69 Å². The van der Waals surface area contributed by atoms with Crippen LogP contribution >= 0.6 is 23.6 Å². The van der Waals surface area contributed by atoms with Crippen LogP contribution in [-0.4, -0.2) is 28.8 Å². The van der Waals surface area contributed by atoms with Gasteiger partial charge in [0.1, 0.15) is 0 Å². The number of anilines is 2. The van der Waals surface area contributed by atoms with E-state index in [2.05, 4.69) is 15.1 Å². The minimum absolute atomic E-state index is 0.0604. The van der Waals surface area contributed by atoms with E-state index in [4.69, 9.17) is 12.2 Å². The molecule has 0 aliphatic rings. The van der Waals surface area contributed by atoms with Crippen LogP contribution in [0.3, 0.4) is 0 Å². The van der Waals surface area contributed by atoms with Gasteiger partial charge in [-0.25, -0.2) is 14.8 Å². The second-order valence-electron chi connectivity index (χ2n) is 4.57. The van der Waals surface area contributed by atoms with Crippen LogP contribution in [0.1, 0.15) is 22.3 Å². The van der Waals surface area contributed by atoms with Crippen LogP contribution < -0.4 is 10.4 Å². The Balaban J connectivity index is 2.42. The van der Waals surface area contributed by atoms with E-state index in [0.29, 0.717) is 15.7 Å². The lowest BCUT2D eigenvalue weighted by Crippen LogP contribution is -2.42. The number of aryl methyl sites for hydroxylation is 1. The summed E-state index contributed by atoms with van der Waals surface area (Å²) in [5, 5.41) is 2.06. The molecule has 0 radical (unpaired) electrons. The van der Waals surface area contributed by atoms with E-state index >= 15 is 0 Å². The predicted molar refractivity (Wildman–Crippen MR) is 93.2 cm³/mol. The number of para-hydroxylation sites is 1. The highest BCUT2D eigenvalue weighted by atomic mass is 32.1. The first-order chi connectivity index (χ1) is 10.9. The lowest BCUT2D eigenvalue weighted by Gasteiger charge is -2.23. The molecule has 0 atom stereocenters. The number of Topliss-reactive ketones (excluding diaryl/α,β-unsaturated/α-hetero) is 1. The third kappa shape index (κ3) is 3.91. The maximum absolute atomic E-state index is 11.6. The standard InChI is InChI=1S/C15H15N3O3S2/c1-9-12(10(2)19)23-15(16-9)18(11-7-5-4-6-8-11)17-13(22)14(20)21-3/h4-8H,1-3H3,(H,17,22). The second kappa shape index (κ2) is 7.30. The molecule has 0 saturated heterocycles. The van der Waals surface area contributed by atoms with Crippen LogP contribution in [0.5, 0.6) is 0 Å². The molecular weight excluding hydrogens is 334 g/mol. The van der Waals surface area contributed by atoms with Crippen molar-refractivity contribution in [3.8, 4) is 0 Å². The van der Waals surface area contributed by atoms with Gasteiger partial charge in [-0.15, -0.1) is 0 Å². The van der Waals surface area contributed by atoms with E-state index in [1.807, 2.05) is 30.3 Å². The molecule has 1 aromatic carbocycles. The van der Waals surface area contributed by atoms with Crippen molar-refractivity contribution in [1.29, 1.82) is 0 Å². The van der Waals surface area contributed by atoms with Gasteiger partial charge in [-0.2, -0.15) is 0 Å². The van der Waals surface area contributed by atoms with Crippen molar-refractivity contribution in [2.24, 2.45) is 0 Å². The van der Waals surface area contributed by atoms with Crippen LogP contribution in [0.15, 0.2) is 30.3 Å². The summed E-state index contributed by atoms with van der Waals surface area (Å²) in [7, 11) is 1.25. The van der Waals surface area contributed by atoms with Gasteiger partial charge in [0.2, 0.25) is 10.1 Å². The summed E-state index contributed by atoms with van der Waals surface area (Å²) in [5.41, 5.74) is 4.16. The Hall–Kier alpha value is -2.32. The third-order valence-corrected chi connectivity index (χ3v) is 4.40. The summed E-state index contributed by atoms with van der Waals surface area (Å²) in [6.07, 6.45) is 0. The third-order valence-electron chi connectivity index (χ3n) is 2.89. The zero-order chi connectivity index (χ0) is 17.0. The Morgan fingerprint density at radius 3 is 2.48 bits per heavy atom. The van der Waals surface area contributed by atoms with Crippen LogP contribution in [-0.2, 0) is 9.53 Å². The highest BCUT2D eigenvalue weighted by Gasteiger charge is 2.21. The zero-order valence-corrected chi connectivity index (χ0v) is 14.5. The molecule has 0 amide bonds. The lowest BCUT2D eigenvalue weighted by molar-refractivity contribution is -0.132. The number of ether oxygens (including phenoxy) is 1. The molecule has 6 nitrogen and oxygen atoms in total. The first-order valence-electron chi connectivity index (χ1n) is 6.66. The minimum Gasteiger partial charge on any atom is -0.464 e. The van der Waals surface area contributed by atoms with Crippen molar-refractivity contribution in [3.63, 3.8) is 0 Å². The molecule has 120 valence electrons. The van der Waals surface area contributed by atoms with Gasteiger partial charge < -0.3 is 4.74 Å². The summed E-state index contributed by atoms with van der Waals surface area (Å²) in [6, 6.07) is 9.22. The molecule has 8 heteroatoms. The number of rotatable bonds is 4. The molecular formula is C15H15N3O3S2. The Bertz CT molecular complexity index is 744. The number of benzene rings is 1. The number of thiocarbonyl (C=S) groups is 1. The topological polar surface area (TPSA) is 71.5 Å². The molecule has 1 heterocycles. The molecule has 0 unspecified atom stereocenters. The molecule has 2 rings (SSSR count). The summed E-state index contributed by atoms with van der Waals surface area (Å²) < 4.78 is 4.61. The number of hydrogen-bond donors (Lipinski definition) is 1. The quantitative estimate of drug-likeness (QED) is 0.394. The fourth-order valence-corrected chi connectivity index (χ4v) is 2.96. The lowest BCUT2D eigenvalue weighted by atomic mass is 10.3. The maximum atomic E-state index is 11.6.